The van der Waals surface area contributed by atoms with Crippen LogP contribution in [0.3, 0.4) is 0 Å². The molecule has 0 saturated heterocycles. The number of furan rings is 1. The quantitative estimate of drug-likeness (QED) is 0.791. The highest BCUT2D eigenvalue weighted by atomic mass is 16.3. The summed E-state index contributed by atoms with van der Waals surface area (Å²) in [6.07, 6.45) is 1.63. The number of hydrogen-bond donors (Lipinski definition) is 2. The van der Waals surface area contributed by atoms with Gasteiger partial charge in [0.1, 0.15) is 5.76 Å². The van der Waals surface area contributed by atoms with Crippen LogP contribution in [0.4, 0.5) is 11.4 Å². The first-order valence-electron chi connectivity index (χ1n) is 5.48. The first-order valence-corrected chi connectivity index (χ1v) is 5.48. The third kappa shape index (κ3) is 2.42. The summed E-state index contributed by atoms with van der Waals surface area (Å²) >= 11 is 0. The number of benzene rings is 1. The Morgan fingerprint density at radius 3 is 2.82 bits per heavy atom. The van der Waals surface area contributed by atoms with Crippen molar-refractivity contribution >= 4 is 11.4 Å². The monoisotopic (exact) mass is 232 g/mol. The molecule has 0 unspecified atom stereocenters. The highest BCUT2D eigenvalue weighted by molar-refractivity contribution is 5.78. The summed E-state index contributed by atoms with van der Waals surface area (Å²) in [6, 6.07) is 9.39. The Labute approximate surface area is 100 Å². The largest absolute Gasteiger partial charge is 0.464 e. The molecule has 3 N–H and O–H groups in total. The summed E-state index contributed by atoms with van der Waals surface area (Å²) in [4.78, 5) is 1.97. The van der Waals surface area contributed by atoms with Crippen LogP contribution in [0.1, 0.15) is 0 Å². The molecule has 4 nitrogen and oxygen atoms in total. The third-order valence-corrected chi connectivity index (χ3v) is 2.65. The minimum Gasteiger partial charge on any atom is -0.464 e. The van der Waals surface area contributed by atoms with Gasteiger partial charge in [-0.05, 0) is 30.3 Å². The van der Waals surface area contributed by atoms with Gasteiger partial charge in [0.05, 0.1) is 12.9 Å². The van der Waals surface area contributed by atoms with E-state index < -0.39 is 0 Å². The molecular weight excluding hydrogens is 216 g/mol. The average Bonchev–Trinajstić information content (AvgIpc) is 2.82. The normalized spacial score (nSPS) is 10.5. The minimum atomic E-state index is 0.110. The highest BCUT2D eigenvalue weighted by Crippen LogP contribution is 2.32. The smallest absolute Gasteiger partial charge is 0.136 e. The van der Waals surface area contributed by atoms with E-state index in [1.54, 1.807) is 6.26 Å². The molecule has 0 radical (unpaired) electrons. The van der Waals surface area contributed by atoms with Crippen LogP contribution in [-0.4, -0.2) is 25.3 Å². The summed E-state index contributed by atoms with van der Waals surface area (Å²) in [5, 5.41) is 8.98. The van der Waals surface area contributed by atoms with Crippen molar-refractivity contribution < 1.29 is 9.52 Å². The number of nitrogens with two attached hydrogens (primary N) is 1. The van der Waals surface area contributed by atoms with Crippen LogP contribution in [0.15, 0.2) is 41.0 Å². The predicted molar refractivity (Wildman–Crippen MR) is 68.9 cm³/mol. The number of likely N-dealkylation sites (N-methyl/N-ethyl adjacent to an activating group) is 1. The first kappa shape index (κ1) is 11.5. The topological polar surface area (TPSA) is 62.6 Å². The predicted octanol–water partition coefficient (Wildman–Crippen LogP) is 1.96. The van der Waals surface area contributed by atoms with Gasteiger partial charge in [0.25, 0.3) is 0 Å². The van der Waals surface area contributed by atoms with Gasteiger partial charge in [0.2, 0.25) is 0 Å². The maximum Gasteiger partial charge on any atom is 0.136 e. The Morgan fingerprint density at radius 2 is 2.18 bits per heavy atom. The lowest BCUT2D eigenvalue weighted by atomic mass is 10.1. The molecule has 4 heteroatoms. The Bertz CT molecular complexity index is 480. The number of anilines is 2. The average molecular weight is 232 g/mol. The molecule has 0 atom stereocenters. The van der Waals surface area contributed by atoms with Crippen LogP contribution >= 0.6 is 0 Å². The molecule has 90 valence electrons. The second-order valence-corrected chi connectivity index (χ2v) is 3.90. The van der Waals surface area contributed by atoms with Gasteiger partial charge in [-0.3, -0.25) is 0 Å². The van der Waals surface area contributed by atoms with E-state index in [1.165, 1.54) is 0 Å². The number of aliphatic hydroxyl groups excluding tert-OH is 1. The van der Waals surface area contributed by atoms with E-state index in [0.29, 0.717) is 12.2 Å². The van der Waals surface area contributed by atoms with Crippen LogP contribution < -0.4 is 10.6 Å². The maximum absolute atomic E-state index is 8.98. The molecule has 0 spiro atoms. The second kappa shape index (κ2) is 4.93. The van der Waals surface area contributed by atoms with Gasteiger partial charge >= 0.3 is 0 Å². The third-order valence-electron chi connectivity index (χ3n) is 2.65. The SMILES string of the molecule is CN(CCO)c1ccc(N)cc1-c1ccco1. The van der Waals surface area contributed by atoms with Crippen molar-refractivity contribution in [3.8, 4) is 11.3 Å². The standard InChI is InChI=1S/C13H16N2O2/c1-15(6-7-16)12-5-4-10(14)9-11(12)13-3-2-8-17-13/h2-5,8-9,16H,6-7,14H2,1H3. The molecule has 0 saturated carbocycles. The van der Waals surface area contributed by atoms with E-state index in [9.17, 15) is 0 Å². The van der Waals surface area contributed by atoms with Gasteiger partial charge in [0.15, 0.2) is 0 Å². The zero-order valence-corrected chi connectivity index (χ0v) is 9.76. The molecule has 1 heterocycles. The van der Waals surface area contributed by atoms with Crippen LogP contribution in [0.25, 0.3) is 11.3 Å². The maximum atomic E-state index is 8.98. The minimum absolute atomic E-state index is 0.110. The fraction of sp³-hybridized carbons (Fsp3) is 0.231. The number of nitrogen functional groups attached to an aromatic ring is 1. The van der Waals surface area contributed by atoms with E-state index in [4.69, 9.17) is 15.3 Å². The van der Waals surface area contributed by atoms with Gasteiger partial charge < -0.3 is 20.2 Å². The summed E-state index contributed by atoms with van der Waals surface area (Å²) in [6.45, 7) is 0.677. The molecule has 0 aliphatic heterocycles. The molecule has 0 aliphatic carbocycles. The summed E-state index contributed by atoms with van der Waals surface area (Å²) < 4.78 is 5.40. The van der Waals surface area contributed by atoms with E-state index in [1.807, 2.05) is 42.3 Å². The van der Waals surface area contributed by atoms with Crippen LogP contribution in [-0.2, 0) is 0 Å². The van der Waals surface area contributed by atoms with E-state index in [-0.39, 0.29) is 6.61 Å². The van der Waals surface area contributed by atoms with Gasteiger partial charge in [-0.15, -0.1) is 0 Å². The van der Waals surface area contributed by atoms with Gasteiger partial charge in [-0.2, -0.15) is 0 Å². The highest BCUT2D eigenvalue weighted by Gasteiger charge is 2.11. The Morgan fingerprint density at radius 1 is 1.35 bits per heavy atom. The Balaban J connectivity index is 2.45. The van der Waals surface area contributed by atoms with Crippen LogP contribution in [0.5, 0.6) is 0 Å². The van der Waals surface area contributed by atoms with Crippen molar-refractivity contribution in [1.29, 1.82) is 0 Å². The van der Waals surface area contributed by atoms with E-state index in [0.717, 1.165) is 17.0 Å². The molecular formula is C13H16N2O2. The van der Waals surface area contributed by atoms with E-state index >= 15 is 0 Å². The van der Waals surface area contributed by atoms with Gasteiger partial charge in [-0.1, -0.05) is 0 Å². The molecule has 2 aromatic rings. The van der Waals surface area contributed by atoms with Crippen molar-refractivity contribution in [3.05, 3.63) is 36.6 Å². The van der Waals surface area contributed by atoms with Gasteiger partial charge in [-0.25, -0.2) is 0 Å². The second-order valence-electron chi connectivity index (χ2n) is 3.90. The Kier molecular flexibility index (Phi) is 3.35. The van der Waals surface area contributed by atoms with E-state index in [2.05, 4.69) is 0 Å². The zero-order chi connectivity index (χ0) is 12.3. The summed E-state index contributed by atoms with van der Waals surface area (Å²) in [5.74, 6) is 0.775. The molecule has 2 rings (SSSR count). The van der Waals surface area contributed by atoms with Gasteiger partial charge in [0, 0.05) is 30.5 Å². The molecule has 0 fully saturated rings. The molecule has 0 amide bonds. The number of aliphatic hydroxyl groups is 1. The first-order chi connectivity index (χ1) is 8.22. The van der Waals surface area contributed by atoms with Crippen molar-refractivity contribution in [3.63, 3.8) is 0 Å². The van der Waals surface area contributed by atoms with Crippen molar-refractivity contribution in [1.82, 2.24) is 0 Å². The number of rotatable bonds is 4. The molecule has 1 aromatic heterocycles. The van der Waals surface area contributed by atoms with Crippen molar-refractivity contribution in [2.45, 2.75) is 0 Å². The van der Waals surface area contributed by atoms with Crippen LogP contribution in [0.2, 0.25) is 0 Å². The molecule has 1 aromatic carbocycles. The zero-order valence-electron chi connectivity index (χ0n) is 9.76. The number of hydrogen-bond acceptors (Lipinski definition) is 4. The summed E-state index contributed by atoms with van der Waals surface area (Å²) in [5.41, 5.74) is 8.42. The van der Waals surface area contributed by atoms with Crippen molar-refractivity contribution in [2.24, 2.45) is 0 Å². The molecule has 0 bridgehead atoms. The van der Waals surface area contributed by atoms with Crippen molar-refractivity contribution in [2.75, 3.05) is 30.8 Å². The lowest BCUT2D eigenvalue weighted by Crippen LogP contribution is -2.21. The lowest BCUT2D eigenvalue weighted by molar-refractivity contribution is 0.304. The number of nitrogens with zero attached hydrogens (tertiary/aromatic N) is 1. The fourth-order valence-electron chi connectivity index (χ4n) is 1.79. The molecule has 0 aliphatic rings. The molecule has 17 heavy (non-hydrogen) atoms. The van der Waals surface area contributed by atoms with Crippen LogP contribution in [0, 0.1) is 0 Å². The summed E-state index contributed by atoms with van der Waals surface area (Å²) in [7, 11) is 1.92. The lowest BCUT2D eigenvalue weighted by Gasteiger charge is -2.21. The Hall–Kier alpha value is -1.94. The fourth-order valence-corrected chi connectivity index (χ4v) is 1.79.